The third-order valence-corrected chi connectivity index (χ3v) is 4.46. The number of para-hydroxylation sites is 2. The molecule has 0 radical (unpaired) electrons. The largest absolute Gasteiger partial charge is 0.366 e. The highest BCUT2D eigenvalue weighted by Crippen LogP contribution is 2.16. The molecule has 4 aromatic rings. The number of H-pyrrole nitrogens is 2. The predicted octanol–water partition coefficient (Wildman–Crippen LogP) is 1.96. The zero-order valence-electron chi connectivity index (χ0n) is 15.2. The number of anilines is 1. The van der Waals surface area contributed by atoms with Crippen LogP contribution in [0.4, 0.5) is 5.82 Å². The van der Waals surface area contributed by atoms with Crippen LogP contribution in [0.3, 0.4) is 0 Å². The lowest BCUT2D eigenvalue weighted by Crippen LogP contribution is -2.29. The number of carbonyl (C=O) groups excluding carboxylic acids is 1. The van der Waals surface area contributed by atoms with Crippen molar-refractivity contribution < 1.29 is 4.79 Å². The summed E-state index contributed by atoms with van der Waals surface area (Å²) in [7, 11) is 0. The topological polar surface area (TPSA) is 116 Å². The lowest BCUT2D eigenvalue weighted by Gasteiger charge is -2.09. The summed E-state index contributed by atoms with van der Waals surface area (Å²) in [6.07, 6.45) is 0.916. The number of amides is 1. The fourth-order valence-corrected chi connectivity index (χ4v) is 3.08. The fraction of sp³-hybridized carbons (Fsp3) is 0.200. The third kappa shape index (κ3) is 3.85. The van der Waals surface area contributed by atoms with E-state index in [1.165, 1.54) is 0 Å². The molecule has 2 aromatic heterocycles. The first-order valence-corrected chi connectivity index (χ1v) is 9.12. The molecule has 1 amide bonds. The van der Waals surface area contributed by atoms with Crippen molar-refractivity contribution in [2.75, 3.05) is 18.4 Å². The minimum absolute atomic E-state index is 0.0402. The summed E-state index contributed by atoms with van der Waals surface area (Å²) in [6, 6.07) is 15.0. The van der Waals surface area contributed by atoms with Gasteiger partial charge in [0.2, 0.25) is 5.91 Å². The first-order chi connectivity index (χ1) is 13.7. The molecule has 28 heavy (non-hydrogen) atoms. The molecule has 0 atom stereocenters. The molecule has 0 spiro atoms. The van der Waals surface area contributed by atoms with Crippen molar-refractivity contribution >= 4 is 33.5 Å². The van der Waals surface area contributed by atoms with Crippen LogP contribution in [0.15, 0.2) is 53.3 Å². The quantitative estimate of drug-likeness (QED) is 0.368. The Hall–Kier alpha value is -3.68. The number of aryl methyl sites for hydroxylation is 1. The van der Waals surface area contributed by atoms with Crippen LogP contribution in [0.5, 0.6) is 0 Å². The molecule has 2 aromatic carbocycles. The molecule has 0 saturated heterocycles. The molecule has 0 saturated carbocycles. The van der Waals surface area contributed by atoms with Crippen LogP contribution in [-0.4, -0.2) is 39.2 Å². The van der Waals surface area contributed by atoms with Crippen LogP contribution in [0, 0.1) is 0 Å². The van der Waals surface area contributed by atoms with Crippen LogP contribution in [-0.2, 0) is 11.2 Å². The normalized spacial score (nSPS) is 11.0. The number of fused-ring (bicyclic) bond motifs is 2. The molecule has 4 rings (SSSR count). The molecule has 0 fully saturated rings. The van der Waals surface area contributed by atoms with Crippen molar-refractivity contribution in [3.05, 3.63) is 64.7 Å². The Morgan fingerprint density at radius 3 is 2.64 bits per heavy atom. The van der Waals surface area contributed by atoms with Gasteiger partial charge >= 0.3 is 0 Å². The molecule has 0 aliphatic carbocycles. The Bertz CT molecular complexity index is 1150. The van der Waals surface area contributed by atoms with E-state index < -0.39 is 0 Å². The molecule has 0 unspecified atom stereocenters. The van der Waals surface area contributed by atoms with Crippen LogP contribution >= 0.6 is 0 Å². The maximum atomic E-state index is 12.1. The van der Waals surface area contributed by atoms with E-state index in [1.54, 1.807) is 6.07 Å². The molecule has 0 aliphatic rings. The Balaban J connectivity index is 1.26. The zero-order valence-corrected chi connectivity index (χ0v) is 15.2. The number of hydrogen-bond acceptors (Lipinski definition) is 5. The van der Waals surface area contributed by atoms with Crippen molar-refractivity contribution in [3.63, 3.8) is 0 Å². The molecular formula is C20H20N6O2. The van der Waals surface area contributed by atoms with Crippen LogP contribution in [0.2, 0.25) is 0 Å². The number of imidazole rings is 1. The minimum Gasteiger partial charge on any atom is -0.366 e. The number of nitrogens with one attached hydrogen (secondary N) is 4. The van der Waals surface area contributed by atoms with Gasteiger partial charge in [-0.1, -0.05) is 30.3 Å². The highest BCUT2D eigenvalue weighted by atomic mass is 16.1. The summed E-state index contributed by atoms with van der Waals surface area (Å²) in [5, 5.41) is 13.9. The molecular weight excluding hydrogens is 356 g/mol. The molecule has 8 heteroatoms. The average molecular weight is 376 g/mol. The SMILES string of the molecule is O=C(CCc1nc2ccccc2[nH]1)NCCNc1n[nH]c(=O)c2ccccc12. The monoisotopic (exact) mass is 376 g/mol. The van der Waals surface area contributed by atoms with E-state index in [0.717, 1.165) is 22.2 Å². The van der Waals surface area contributed by atoms with Gasteiger partial charge < -0.3 is 15.6 Å². The van der Waals surface area contributed by atoms with Crippen molar-refractivity contribution in [1.82, 2.24) is 25.5 Å². The van der Waals surface area contributed by atoms with Gasteiger partial charge in [-0.05, 0) is 18.2 Å². The number of hydrogen-bond donors (Lipinski definition) is 4. The smallest absolute Gasteiger partial charge is 0.272 e. The van der Waals surface area contributed by atoms with Crippen molar-refractivity contribution in [2.24, 2.45) is 0 Å². The Morgan fingerprint density at radius 2 is 1.79 bits per heavy atom. The second kappa shape index (κ2) is 7.91. The van der Waals surface area contributed by atoms with Crippen LogP contribution in [0.1, 0.15) is 12.2 Å². The van der Waals surface area contributed by atoms with Gasteiger partial charge in [0, 0.05) is 31.3 Å². The standard InChI is InChI=1S/C20H20N6O2/c27-18(10-9-17-23-15-7-3-4-8-16(15)24-17)21-11-12-22-19-13-5-1-2-6-14(13)20(28)26-25-19/h1-8H,9-12H2,(H,21,27)(H,22,25)(H,23,24)(H,26,28). The van der Waals surface area contributed by atoms with Gasteiger partial charge in [0.1, 0.15) is 5.82 Å². The molecule has 8 nitrogen and oxygen atoms in total. The second-order valence-corrected chi connectivity index (χ2v) is 6.42. The average Bonchev–Trinajstić information content (AvgIpc) is 3.14. The number of aromatic nitrogens is 4. The summed E-state index contributed by atoms with van der Waals surface area (Å²) >= 11 is 0. The Kier molecular flexibility index (Phi) is 5.01. The fourth-order valence-electron chi connectivity index (χ4n) is 3.08. The molecule has 142 valence electrons. The molecule has 2 heterocycles. The van der Waals surface area contributed by atoms with Crippen LogP contribution < -0.4 is 16.2 Å². The van der Waals surface area contributed by atoms with E-state index in [2.05, 4.69) is 30.8 Å². The predicted molar refractivity (Wildman–Crippen MR) is 108 cm³/mol. The number of benzene rings is 2. The minimum atomic E-state index is -0.222. The van der Waals surface area contributed by atoms with Gasteiger partial charge in [-0.15, -0.1) is 0 Å². The van der Waals surface area contributed by atoms with Gasteiger partial charge in [-0.3, -0.25) is 9.59 Å². The Morgan fingerprint density at radius 1 is 1.00 bits per heavy atom. The van der Waals surface area contributed by atoms with E-state index >= 15 is 0 Å². The van der Waals surface area contributed by atoms with Gasteiger partial charge in [-0.2, -0.15) is 5.10 Å². The number of nitrogens with zero attached hydrogens (tertiary/aromatic N) is 2. The van der Waals surface area contributed by atoms with Gasteiger partial charge in [0.15, 0.2) is 5.82 Å². The maximum absolute atomic E-state index is 12.1. The van der Waals surface area contributed by atoms with E-state index in [9.17, 15) is 9.59 Å². The lowest BCUT2D eigenvalue weighted by atomic mass is 10.2. The lowest BCUT2D eigenvalue weighted by molar-refractivity contribution is -0.121. The van der Waals surface area contributed by atoms with E-state index in [4.69, 9.17) is 0 Å². The number of aromatic amines is 2. The van der Waals surface area contributed by atoms with Crippen LogP contribution in [0.25, 0.3) is 21.8 Å². The third-order valence-electron chi connectivity index (χ3n) is 4.46. The van der Waals surface area contributed by atoms with Crippen molar-refractivity contribution in [3.8, 4) is 0 Å². The number of carbonyl (C=O) groups is 1. The van der Waals surface area contributed by atoms with Gasteiger partial charge in [0.05, 0.1) is 16.4 Å². The summed E-state index contributed by atoms with van der Waals surface area (Å²) in [4.78, 5) is 31.5. The molecule has 0 aliphatic heterocycles. The number of rotatable bonds is 7. The highest BCUT2D eigenvalue weighted by Gasteiger charge is 2.07. The molecule has 4 N–H and O–H groups in total. The maximum Gasteiger partial charge on any atom is 0.272 e. The van der Waals surface area contributed by atoms with Gasteiger partial charge in [-0.25, -0.2) is 10.1 Å². The van der Waals surface area contributed by atoms with Crippen molar-refractivity contribution in [1.29, 1.82) is 0 Å². The van der Waals surface area contributed by atoms with Gasteiger partial charge in [0.25, 0.3) is 5.56 Å². The highest BCUT2D eigenvalue weighted by molar-refractivity contribution is 5.90. The molecule has 0 bridgehead atoms. The first kappa shape index (κ1) is 17.7. The summed E-state index contributed by atoms with van der Waals surface area (Å²) in [5.74, 6) is 1.35. The summed E-state index contributed by atoms with van der Waals surface area (Å²) in [5.41, 5.74) is 1.66. The van der Waals surface area contributed by atoms with Crippen molar-refractivity contribution in [2.45, 2.75) is 12.8 Å². The zero-order chi connectivity index (χ0) is 19.3. The first-order valence-electron chi connectivity index (χ1n) is 9.12. The van der Waals surface area contributed by atoms with E-state index in [-0.39, 0.29) is 11.5 Å². The van der Waals surface area contributed by atoms with E-state index in [1.807, 2.05) is 42.5 Å². The Labute approximate surface area is 160 Å². The second-order valence-electron chi connectivity index (χ2n) is 6.42. The van der Waals surface area contributed by atoms with E-state index in [0.29, 0.717) is 37.1 Å². The summed E-state index contributed by atoms with van der Waals surface area (Å²) in [6.45, 7) is 0.952. The summed E-state index contributed by atoms with van der Waals surface area (Å²) < 4.78 is 0.